The second-order valence-corrected chi connectivity index (χ2v) is 8.91. The molecular weight excluding hydrogens is 386 g/mol. The van der Waals surface area contributed by atoms with E-state index in [-0.39, 0.29) is 17.9 Å². The lowest BCUT2D eigenvalue weighted by Crippen LogP contribution is -2.45. The van der Waals surface area contributed by atoms with Crippen LogP contribution >= 0.6 is 11.3 Å². The van der Waals surface area contributed by atoms with Crippen molar-refractivity contribution in [3.63, 3.8) is 0 Å². The van der Waals surface area contributed by atoms with Crippen molar-refractivity contribution in [2.45, 2.75) is 51.2 Å². The van der Waals surface area contributed by atoms with Crippen molar-refractivity contribution >= 4 is 17.2 Å². The number of nitrogens with zero attached hydrogens (tertiary/aromatic N) is 5. The molecular formula is C21H25N5O2S. The number of hydrogen-bond acceptors (Lipinski definition) is 6. The van der Waals surface area contributed by atoms with Gasteiger partial charge >= 0.3 is 0 Å². The summed E-state index contributed by atoms with van der Waals surface area (Å²) in [6, 6.07) is 7.57. The van der Waals surface area contributed by atoms with Crippen molar-refractivity contribution in [3.8, 4) is 5.69 Å². The van der Waals surface area contributed by atoms with Gasteiger partial charge in [-0.2, -0.15) is 15.0 Å². The summed E-state index contributed by atoms with van der Waals surface area (Å²) in [7, 11) is 0. The first-order valence-electron chi connectivity index (χ1n) is 9.79. The number of likely N-dealkylation sites (tertiary alicyclic amines) is 1. The van der Waals surface area contributed by atoms with E-state index in [1.807, 2.05) is 34.5 Å². The van der Waals surface area contributed by atoms with Crippen molar-refractivity contribution < 1.29 is 9.90 Å². The van der Waals surface area contributed by atoms with Gasteiger partial charge in [-0.05, 0) is 45.7 Å². The van der Waals surface area contributed by atoms with Gasteiger partial charge in [0.05, 0.1) is 29.3 Å². The van der Waals surface area contributed by atoms with Crippen LogP contribution in [-0.4, -0.2) is 48.5 Å². The number of thiazole rings is 1. The summed E-state index contributed by atoms with van der Waals surface area (Å²) in [6.45, 7) is 6.19. The molecule has 29 heavy (non-hydrogen) atoms. The summed E-state index contributed by atoms with van der Waals surface area (Å²) in [4.78, 5) is 21.5. The zero-order valence-electron chi connectivity index (χ0n) is 16.8. The second-order valence-electron chi connectivity index (χ2n) is 8.05. The van der Waals surface area contributed by atoms with Crippen molar-refractivity contribution in [1.82, 2.24) is 24.9 Å². The minimum atomic E-state index is -0.948. The Bertz CT molecular complexity index is 993. The Balaban J connectivity index is 1.60. The first-order chi connectivity index (χ1) is 13.8. The molecule has 1 aliphatic rings. The molecule has 1 aromatic carbocycles. The molecule has 2 aromatic heterocycles. The zero-order chi connectivity index (χ0) is 20.6. The SMILES string of the molecule is CC1CCC(c2csc(C(C)(C)O)n2)CN1C(=O)c1ccccc1-n1nccn1. The minimum absolute atomic E-state index is 0.0203. The first-order valence-corrected chi connectivity index (χ1v) is 10.7. The van der Waals surface area contributed by atoms with E-state index in [0.717, 1.165) is 18.5 Å². The van der Waals surface area contributed by atoms with Crippen LogP contribution in [0.25, 0.3) is 5.69 Å². The second kappa shape index (κ2) is 7.68. The number of aliphatic hydroxyl groups is 1. The summed E-state index contributed by atoms with van der Waals surface area (Å²) in [5, 5.41) is 21.3. The van der Waals surface area contributed by atoms with E-state index in [0.29, 0.717) is 22.8 Å². The van der Waals surface area contributed by atoms with Gasteiger partial charge in [-0.15, -0.1) is 11.3 Å². The third-order valence-corrected chi connectivity index (χ3v) is 6.55. The molecule has 0 spiro atoms. The third-order valence-electron chi connectivity index (χ3n) is 5.38. The van der Waals surface area contributed by atoms with Crippen LogP contribution in [0, 0.1) is 0 Å². The maximum atomic E-state index is 13.5. The van der Waals surface area contributed by atoms with Crippen LogP contribution in [0.1, 0.15) is 60.6 Å². The fraction of sp³-hybridized carbons (Fsp3) is 0.429. The topological polar surface area (TPSA) is 84.1 Å². The zero-order valence-corrected chi connectivity index (χ0v) is 17.6. The van der Waals surface area contributed by atoms with Crippen LogP contribution in [0.3, 0.4) is 0 Å². The van der Waals surface area contributed by atoms with E-state index in [4.69, 9.17) is 0 Å². The van der Waals surface area contributed by atoms with E-state index in [2.05, 4.69) is 22.1 Å². The molecule has 2 atom stereocenters. The number of carbonyl (C=O) groups is 1. The number of aromatic nitrogens is 4. The highest BCUT2D eigenvalue weighted by atomic mass is 32.1. The monoisotopic (exact) mass is 411 g/mol. The average molecular weight is 412 g/mol. The normalized spacial score (nSPS) is 20.1. The maximum absolute atomic E-state index is 13.5. The minimum Gasteiger partial charge on any atom is -0.383 e. The molecule has 8 heteroatoms. The molecule has 3 heterocycles. The number of benzene rings is 1. The molecule has 2 unspecified atom stereocenters. The Labute approximate surface area is 174 Å². The maximum Gasteiger partial charge on any atom is 0.256 e. The average Bonchev–Trinajstić information content (AvgIpc) is 3.40. The Kier molecular flexibility index (Phi) is 5.23. The van der Waals surface area contributed by atoms with Crippen LogP contribution in [0.15, 0.2) is 42.0 Å². The lowest BCUT2D eigenvalue weighted by atomic mass is 9.90. The lowest BCUT2D eigenvalue weighted by Gasteiger charge is -2.38. The van der Waals surface area contributed by atoms with E-state index in [1.54, 1.807) is 26.2 Å². The summed E-state index contributed by atoms with van der Waals surface area (Å²) in [5.74, 6) is 0.144. The van der Waals surface area contributed by atoms with Gasteiger partial charge in [0.25, 0.3) is 5.91 Å². The van der Waals surface area contributed by atoms with E-state index in [9.17, 15) is 9.90 Å². The number of rotatable bonds is 4. The fourth-order valence-electron chi connectivity index (χ4n) is 3.71. The predicted octanol–water partition coefficient (Wildman–Crippen LogP) is 3.36. The molecule has 1 fully saturated rings. The van der Waals surface area contributed by atoms with Crippen LogP contribution in [0.5, 0.6) is 0 Å². The summed E-state index contributed by atoms with van der Waals surface area (Å²) in [5.41, 5.74) is 1.27. The molecule has 7 nitrogen and oxygen atoms in total. The molecule has 0 radical (unpaired) electrons. The third kappa shape index (κ3) is 3.95. The van der Waals surface area contributed by atoms with Gasteiger partial charge in [0.2, 0.25) is 0 Å². The van der Waals surface area contributed by atoms with Gasteiger partial charge in [0, 0.05) is 23.9 Å². The Morgan fingerprint density at radius 3 is 2.62 bits per heavy atom. The fourth-order valence-corrected chi connectivity index (χ4v) is 4.63. The van der Waals surface area contributed by atoms with Gasteiger partial charge in [-0.1, -0.05) is 12.1 Å². The number of piperidine rings is 1. The Morgan fingerprint density at radius 2 is 1.93 bits per heavy atom. The predicted molar refractivity (Wildman–Crippen MR) is 111 cm³/mol. The van der Waals surface area contributed by atoms with E-state index in [1.165, 1.54) is 16.1 Å². The van der Waals surface area contributed by atoms with Gasteiger partial charge in [-0.3, -0.25) is 4.79 Å². The highest BCUT2D eigenvalue weighted by molar-refractivity contribution is 7.09. The van der Waals surface area contributed by atoms with Crippen molar-refractivity contribution in [2.24, 2.45) is 0 Å². The lowest BCUT2D eigenvalue weighted by molar-refractivity contribution is 0.0604. The molecule has 0 aliphatic carbocycles. The van der Waals surface area contributed by atoms with E-state index >= 15 is 0 Å². The first kappa shape index (κ1) is 19.7. The van der Waals surface area contributed by atoms with Crippen LogP contribution in [-0.2, 0) is 5.60 Å². The van der Waals surface area contributed by atoms with Gasteiger partial charge in [-0.25, -0.2) is 4.98 Å². The molecule has 0 saturated carbocycles. The van der Waals surface area contributed by atoms with Crippen LogP contribution in [0.4, 0.5) is 0 Å². The van der Waals surface area contributed by atoms with Crippen molar-refractivity contribution in [2.75, 3.05) is 6.54 Å². The van der Waals surface area contributed by atoms with Crippen molar-refractivity contribution in [1.29, 1.82) is 0 Å². The Morgan fingerprint density at radius 1 is 1.21 bits per heavy atom. The molecule has 1 aliphatic heterocycles. The van der Waals surface area contributed by atoms with Crippen LogP contribution in [0.2, 0.25) is 0 Å². The largest absolute Gasteiger partial charge is 0.383 e. The summed E-state index contributed by atoms with van der Waals surface area (Å²) >= 11 is 1.47. The smallest absolute Gasteiger partial charge is 0.256 e. The molecule has 1 saturated heterocycles. The van der Waals surface area contributed by atoms with E-state index < -0.39 is 5.60 Å². The molecule has 1 amide bonds. The molecule has 1 N–H and O–H groups in total. The number of hydrogen-bond donors (Lipinski definition) is 1. The van der Waals surface area contributed by atoms with Gasteiger partial charge in [0.15, 0.2) is 0 Å². The highest BCUT2D eigenvalue weighted by Gasteiger charge is 2.33. The van der Waals surface area contributed by atoms with Crippen LogP contribution < -0.4 is 0 Å². The number of amides is 1. The molecule has 4 rings (SSSR count). The Hall–Kier alpha value is -2.58. The number of carbonyl (C=O) groups excluding carboxylic acids is 1. The molecule has 3 aromatic rings. The summed E-state index contributed by atoms with van der Waals surface area (Å²) in [6.07, 6.45) is 5.09. The molecule has 0 bridgehead atoms. The highest BCUT2D eigenvalue weighted by Crippen LogP contribution is 2.34. The number of para-hydroxylation sites is 1. The van der Waals surface area contributed by atoms with Gasteiger partial charge < -0.3 is 10.0 Å². The van der Waals surface area contributed by atoms with Gasteiger partial charge in [0.1, 0.15) is 10.6 Å². The summed E-state index contributed by atoms with van der Waals surface area (Å²) < 4.78 is 0. The standard InChI is InChI=1S/C21H25N5O2S/c1-14-8-9-15(17-13-29-20(24-17)21(2,3)28)12-25(14)19(27)16-6-4-5-7-18(16)26-22-10-11-23-26/h4-7,10-11,13-15,28H,8-9,12H2,1-3H3. The quantitative estimate of drug-likeness (QED) is 0.712. The molecule has 152 valence electrons. The van der Waals surface area contributed by atoms with Crippen molar-refractivity contribution in [3.05, 3.63) is 58.3 Å².